The van der Waals surface area contributed by atoms with Gasteiger partial charge in [-0.05, 0) is 17.7 Å². The Morgan fingerprint density at radius 2 is 2.14 bits per heavy atom. The van der Waals surface area contributed by atoms with Gasteiger partial charge < -0.3 is 10.4 Å². The van der Waals surface area contributed by atoms with Crippen LogP contribution < -0.4 is 5.90 Å². The zero-order valence-electron chi connectivity index (χ0n) is 7.05. The van der Waals surface area contributed by atoms with Crippen molar-refractivity contribution in [3.05, 3.63) is 35.1 Å². The Hall–Kier alpha value is -1.97. The number of hydrogen-bond acceptors (Lipinski definition) is 5. The number of benzene rings is 1. The van der Waals surface area contributed by atoms with Crippen LogP contribution in [0.1, 0.15) is 11.1 Å². The molecule has 1 aromatic rings. The Bertz CT molecular complexity index is 360. The summed E-state index contributed by atoms with van der Waals surface area (Å²) in [7, 11) is 0. The van der Waals surface area contributed by atoms with Crippen LogP contribution in [0.2, 0.25) is 0 Å². The van der Waals surface area contributed by atoms with Gasteiger partial charge in [-0.3, -0.25) is 0 Å². The van der Waals surface area contributed by atoms with E-state index >= 15 is 0 Å². The van der Waals surface area contributed by atoms with Gasteiger partial charge in [-0.1, -0.05) is 11.2 Å². The van der Waals surface area contributed by atoms with Crippen molar-refractivity contribution in [2.75, 3.05) is 0 Å². The third-order valence-electron chi connectivity index (χ3n) is 1.32. The topological polar surface area (TPSA) is 103 Å². The summed E-state index contributed by atoms with van der Waals surface area (Å²) in [5.41, 5.74) is 0.419. The lowest BCUT2D eigenvalue weighted by molar-refractivity contribution is 0.311. The van der Waals surface area contributed by atoms with Gasteiger partial charge in [0.2, 0.25) is 0 Å². The zero-order valence-corrected chi connectivity index (χ0v) is 7.05. The number of nitrogens with two attached hydrogens (primary N) is 1. The number of halogens is 1. The van der Waals surface area contributed by atoms with E-state index in [1.54, 1.807) is 6.07 Å². The van der Waals surface area contributed by atoms with Crippen molar-refractivity contribution in [2.24, 2.45) is 11.1 Å². The number of rotatable bonds is 1. The highest BCUT2D eigenvalue weighted by atomic mass is 19.1. The standard InChI is InChI=1S/C8H5FN2O.H3NO/c9-8-2-1-6(5-11-12)3-7(8)4-10;1-2/h1-3,5,12H;2H,1H2/b11-5-;. The molecule has 1 aromatic carbocycles. The molecule has 0 saturated carbocycles. The van der Waals surface area contributed by atoms with Crippen LogP contribution in [0.3, 0.4) is 0 Å². The van der Waals surface area contributed by atoms with Crippen LogP contribution in [0.25, 0.3) is 0 Å². The molecule has 74 valence electrons. The summed E-state index contributed by atoms with van der Waals surface area (Å²) in [5.74, 6) is 2.92. The van der Waals surface area contributed by atoms with Crippen molar-refractivity contribution in [3.8, 4) is 6.07 Å². The highest BCUT2D eigenvalue weighted by Gasteiger charge is 2.00. The highest BCUT2D eigenvalue weighted by Crippen LogP contribution is 2.07. The van der Waals surface area contributed by atoms with Gasteiger partial charge in [-0.25, -0.2) is 10.3 Å². The minimum Gasteiger partial charge on any atom is -0.411 e. The lowest BCUT2D eigenvalue weighted by Gasteiger charge is -1.93. The van der Waals surface area contributed by atoms with Gasteiger partial charge in [0.1, 0.15) is 11.9 Å². The maximum atomic E-state index is 12.7. The monoisotopic (exact) mass is 197 g/mol. The smallest absolute Gasteiger partial charge is 0.140 e. The van der Waals surface area contributed by atoms with Crippen molar-refractivity contribution in [2.45, 2.75) is 0 Å². The first-order chi connectivity index (χ1) is 6.77. The van der Waals surface area contributed by atoms with Crippen LogP contribution in [0.15, 0.2) is 23.4 Å². The molecule has 5 nitrogen and oxygen atoms in total. The van der Waals surface area contributed by atoms with Crippen molar-refractivity contribution >= 4 is 6.21 Å². The van der Waals surface area contributed by atoms with Crippen molar-refractivity contribution < 1.29 is 14.8 Å². The quantitative estimate of drug-likeness (QED) is 0.352. The lowest BCUT2D eigenvalue weighted by atomic mass is 10.1. The molecule has 14 heavy (non-hydrogen) atoms. The molecule has 0 fully saturated rings. The molecule has 0 bridgehead atoms. The van der Waals surface area contributed by atoms with E-state index in [0.29, 0.717) is 5.56 Å². The first-order valence-corrected chi connectivity index (χ1v) is 3.41. The lowest BCUT2D eigenvalue weighted by Crippen LogP contribution is -1.87. The largest absolute Gasteiger partial charge is 0.411 e. The summed E-state index contributed by atoms with van der Waals surface area (Å²) >= 11 is 0. The average Bonchev–Trinajstić information content (AvgIpc) is 2.24. The van der Waals surface area contributed by atoms with E-state index in [9.17, 15) is 4.39 Å². The molecule has 6 heteroatoms. The maximum Gasteiger partial charge on any atom is 0.140 e. The SMILES string of the molecule is N#Cc1cc(/C=N\O)ccc1F.NO. The number of nitrogens with zero attached hydrogens (tertiary/aromatic N) is 2. The predicted octanol–water partition coefficient (Wildman–Crippen LogP) is 0.840. The van der Waals surface area contributed by atoms with Crippen LogP contribution in [-0.2, 0) is 0 Å². The number of oxime groups is 1. The van der Waals surface area contributed by atoms with Crippen LogP contribution in [-0.4, -0.2) is 16.6 Å². The van der Waals surface area contributed by atoms with E-state index in [-0.39, 0.29) is 5.56 Å². The van der Waals surface area contributed by atoms with Crippen molar-refractivity contribution in [1.29, 1.82) is 5.26 Å². The Morgan fingerprint density at radius 3 is 2.64 bits per heavy atom. The molecular weight excluding hydrogens is 189 g/mol. The Balaban J connectivity index is 0.000000791. The molecule has 0 heterocycles. The first kappa shape index (κ1) is 12.0. The van der Waals surface area contributed by atoms with Gasteiger partial charge in [0, 0.05) is 0 Å². The van der Waals surface area contributed by atoms with Crippen molar-refractivity contribution in [1.82, 2.24) is 0 Å². The molecule has 0 aliphatic heterocycles. The molecule has 0 unspecified atom stereocenters. The molecule has 0 radical (unpaired) electrons. The summed E-state index contributed by atoms with van der Waals surface area (Å²) in [6, 6.07) is 5.54. The van der Waals surface area contributed by atoms with Gasteiger partial charge in [-0.2, -0.15) is 5.26 Å². The molecular formula is C8H8FN3O2. The van der Waals surface area contributed by atoms with Gasteiger partial charge in [0.25, 0.3) is 0 Å². The Kier molecular flexibility index (Phi) is 5.62. The minimum absolute atomic E-state index is 0.0626. The number of nitriles is 1. The van der Waals surface area contributed by atoms with Crippen molar-refractivity contribution in [3.63, 3.8) is 0 Å². The second kappa shape index (κ2) is 6.54. The molecule has 4 N–H and O–H groups in total. The summed E-state index contributed by atoms with van der Waals surface area (Å²) in [6.45, 7) is 0. The molecule has 0 spiro atoms. The first-order valence-electron chi connectivity index (χ1n) is 3.41. The average molecular weight is 197 g/mol. The Labute approximate surface area is 79.5 Å². The summed E-state index contributed by atoms with van der Waals surface area (Å²) in [6.07, 6.45) is 1.13. The van der Waals surface area contributed by atoms with Crippen LogP contribution in [0, 0.1) is 17.1 Å². The zero-order chi connectivity index (χ0) is 11.0. The molecule has 0 aromatic heterocycles. The maximum absolute atomic E-state index is 12.7. The second-order valence-corrected chi connectivity index (χ2v) is 2.10. The summed E-state index contributed by atoms with van der Waals surface area (Å²) in [4.78, 5) is 0. The summed E-state index contributed by atoms with van der Waals surface area (Å²) in [5, 5.41) is 25.8. The number of hydrogen-bond donors (Lipinski definition) is 3. The summed E-state index contributed by atoms with van der Waals surface area (Å²) < 4.78 is 12.7. The van der Waals surface area contributed by atoms with Crippen LogP contribution in [0.4, 0.5) is 4.39 Å². The van der Waals surface area contributed by atoms with E-state index in [1.807, 2.05) is 0 Å². The fraction of sp³-hybridized carbons (Fsp3) is 0. The van der Waals surface area contributed by atoms with E-state index in [4.69, 9.17) is 15.7 Å². The molecule has 0 aliphatic carbocycles. The highest BCUT2D eigenvalue weighted by molar-refractivity contribution is 5.79. The third kappa shape index (κ3) is 3.18. The van der Waals surface area contributed by atoms with Crippen LogP contribution in [0.5, 0.6) is 0 Å². The van der Waals surface area contributed by atoms with E-state index in [0.717, 1.165) is 12.3 Å². The van der Waals surface area contributed by atoms with E-state index in [2.05, 4.69) is 11.1 Å². The fourth-order valence-electron chi connectivity index (χ4n) is 0.776. The normalized spacial score (nSPS) is 9.00. The van der Waals surface area contributed by atoms with Crippen LogP contribution >= 0.6 is 0 Å². The van der Waals surface area contributed by atoms with Gasteiger partial charge in [-0.15, -0.1) is 0 Å². The van der Waals surface area contributed by atoms with E-state index < -0.39 is 5.82 Å². The van der Waals surface area contributed by atoms with E-state index in [1.165, 1.54) is 12.1 Å². The minimum atomic E-state index is -0.576. The van der Waals surface area contributed by atoms with Gasteiger partial charge in [0.05, 0.1) is 11.8 Å². The fourth-order valence-corrected chi connectivity index (χ4v) is 0.776. The third-order valence-corrected chi connectivity index (χ3v) is 1.32. The second-order valence-electron chi connectivity index (χ2n) is 2.10. The van der Waals surface area contributed by atoms with Gasteiger partial charge in [0.15, 0.2) is 0 Å². The Morgan fingerprint density at radius 1 is 1.50 bits per heavy atom. The molecule has 0 amide bonds. The van der Waals surface area contributed by atoms with Gasteiger partial charge >= 0.3 is 0 Å². The molecule has 0 atom stereocenters. The molecule has 1 rings (SSSR count). The predicted molar refractivity (Wildman–Crippen MR) is 46.5 cm³/mol. The molecule has 0 saturated heterocycles. The molecule has 0 aliphatic rings.